The molecule has 5 atom stereocenters. The van der Waals surface area contributed by atoms with Gasteiger partial charge in [-0.25, -0.2) is 4.90 Å². The maximum absolute atomic E-state index is 13.1. The fraction of sp³-hybridized carbons (Fsp3) is 0.357. The van der Waals surface area contributed by atoms with Crippen molar-refractivity contribution in [1.82, 2.24) is 0 Å². The average molecular weight is 471 g/mol. The van der Waals surface area contributed by atoms with Crippen LogP contribution in [-0.2, 0) is 25.6 Å². The van der Waals surface area contributed by atoms with Crippen molar-refractivity contribution < 1.29 is 23.9 Å². The van der Waals surface area contributed by atoms with Crippen molar-refractivity contribution in [2.24, 2.45) is 29.6 Å². The standard InChI is InChI=1S/C28H26N2O5/c1-2-16-6-10-20(11-7-16)29-15-19(13-23(29)31)28(34)35-22-5-3-4-21(14-22)30-26(32)24-17-8-9-18(12-17)25(24)27(30)33/h3-11,14,17-19,24-25H,2,12-13,15H2,1H3/t17-,18-,19+,24+,25+/m0/s1. The van der Waals surface area contributed by atoms with Gasteiger partial charge >= 0.3 is 5.97 Å². The molecule has 35 heavy (non-hydrogen) atoms. The lowest BCUT2D eigenvalue weighted by atomic mass is 9.85. The van der Waals surface area contributed by atoms with Crippen molar-refractivity contribution in [3.63, 3.8) is 0 Å². The van der Waals surface area contributed by atoms with E-state index in [0.717, 1.165) is 18.5 Å². The first-order valence-corrected chi connectivity index (χ1v) is 12.2. The number of ether oxygens (including phenoxy) is 1. The third-order valence-electron chi connectivity index (χ3n) is 7.88. The van der Waals surface area contributed by atoms with Crippen LogP contribution in [0.4, 0.5) is 11.4 Å². The number of carbonyl (C=O) groups is 4. The molecule has 2 aromatic rings. The van der Waals surface area contributed by atoms with Gasteiger partial charge in [-0.1, -0.05) is 37.3 Å². The Labute approximate surface area is 203 Å². The molecule has 3 fully saturated rings. The second kappa shape index (κ2) is 8.18. The molecule has 2 bridgehead atoms. The van der Waals surface area contributed by atoms with E-state index in [-0.39, 0.29) is 60.1 Å². The molecule has 2 aromatic carbocycles. The minimum absolute atomic E-state index is 0.0796. The van der Waals surface area contributed by atoms with Crippen molar-refractivity contribution in [3.05, 3.63) is 66.2 Å². The lowest BCUT2D eigenvalue weighted by molar-refractivity contribution is -0.139. The summed E-state index contributed by atoms with van der Waals surface area (Å²) in [6, 6.07) is 14.3. The molecule has 0 N–H and O–H groups in total. The molecule has 1 saturated carbocycles. The number of rotatable bonds is 5. The van der Waals surface area contributed by atoms with E-state index >= 15 is 0 Å². The van der Waals surface area contributed by atoms with Crippen LogP contribution in [0, 0.1) is 29.6 Å². The Morgan fingerprint density at radius 2 is 1.63 bits per heavy atom. The maximum Gasteiger partial charge on any atom is 0.316 e. The minimum Gasteiger partial charge on any atom is -0.426 e. The molecule has 3 amide bonds. The number of aryl methyl sites for hydroxylation is 1. The quantitative estimate of drug-likeness (QED) is 0.289. The summed E-state index contributed by atoms with van der Waals surface area (Å²) < 4.78 is 5.61. The summed E-state index contributed by atoms with van der Waals surface area (Å²) in [4.78, 5) is 54.5. The number of imide groups is 1. The van der Waals surface area contributed by atoms with Crippen LogP contribution < -0.4 is 14.5 Å². The number of allylic oxidation sites excluding steroid dienone is 2. The van der Waals surface area contributed by atoms with Crippen LogP contribution in [-0.4, -0.2) is 30.2 Å². The van der Waals surface area contributed by atoms with Gasteiger partial charge < -0.3 is 9.64 Å². The molecule has 4 aliphatic rings. The lowest BCUT2D eigenvalue weighted by Crippen LogP contribution is -2.32. The Bertz CT molecular complexity index is 1240. The predicted octanol–water partition coefficient (Wildman–Crippen LogP) is 3.52. The highest BCUT2D eigenvalue weighted by Crippen LogP contribution is 2.53. The number of carbonyl (C=O) groups excluding carboxylic acids is 4. The smallest absolute Gasteiger partial charge is 0.316 e. The molecule has 2 heterocycles. The van der Waals surface area contributed by atoms with Gasteiger partial charge in [-0.15, -0.1) is 0 Å². The number of nitrogens with zero attached hydrogens (tertiary/aromatic N) is 2. The third-order valence-corrected chi connectivity index (χ3v) is 7.88. The highest BCUT2D eigenvalue weighted by atomic mass is 16.5. The van der Waals surface area contributed by atoms with Gasteiger partial charge in [-0.3, -0.25) is 19.2 Å². The Balaban J connectivity index is 1.15. The maximum atomic E-state index is 13.1. The summed E-state index contributed by atoms with van der Waals surface area (Å²) in [7, 11) is 0. The second-order valence-corrected chi connectivity index (χ2v) is 9.86. The summed E-state index contributed by atoms with van der Waals surface area (Å²) in [6.07, 6.45) is 5.98. The molecule has 0 aromatic heterocycles. The SMILES string of the molecule is CCc1ccc(N2C[C@H](C(=O)Oc3cccc(N4C(=O)[C@H]5[C@H](C4=O)[C@H]4C=C[C@H]5C4)c3)CC2=O)cc1. The van der Waals surface area contributed by atoms with Gasteiger partial charge in [0.15, 0.2) is 0 Å². The monoisotopic (exact) mass is 470 g/mol. The fourth-order valence-corrected chi connectivity index (χ4v) is 6.07. The molecule has 2 aliphatic heterocycles. The van der Waals surface area contributed by atoms with Crippen LogP contribution in [0.15, 0.2) is 60.7 Å². The van der Waals surface area contributed by atoms with Crippen molar-refractivity contribution >= 4 is 35.1 Å². The van der Waals surface area contributed by atoms with Gasteiger partial charge in [0.25, 0.3) is 0 Å². The Hall–Kier alpha value is -3.74. The third kappa shape index (κ3) is 3.49. The Morgan fingerprint density at radius 1 is 0.943 bits per heavy atom. The first-order chi connectivity index (χ1) is 16.9. The number of benzene rings is 2. The van der Waals surface area contributed by atoms with Crippen LogP contribution in [0.1, 0.15) is 25.3 Å². The lowest BCUT2D eigenvalue weighted by Gasteiger charge is -2.18. The summed E-state index contributed by atoms with van der Waals surface area (Å²) in [5.41, 5.74) is 2.36. The zero-order chi connectivity index (χ0) is 24.3. The van der Waals surface area contributed by atoms with Crippen LogP contribution in [0.25, 0.3) is 0 Å². The van der Waals surface area contributed by atoms with Gasteiger partial charge in [0.1, 0.15) is 5.75 Å². The molecular weight excluding hydrogens is 444 g/mol. The molecule has 178 valence electrons. The van der Waals surface area contributed by atoms with Crippen molar-refractivity contribution in [2.75, 3.05) is 16.3 Å². The molecule has 2 aliphatic carbocycles. The van der Waals surface area contributed by atoms with Crippen LogP contribution in [0.5, 0.6) is 5.75 Å². The van der Waals surface area contributed by atoms with Crippen LogP contribution in [0.3, 0.4) is 0 Å². The number of esters is 1. The van der Waals surface area contributed by atoms with E-state index in [1.807, 2.05) is 24.3 Å². The topological polar surface area (TPSA) is 84.0 Å². The summed E-state index contributed by atoms with van der Waals surface area (Å²) in [5.74, 6) is -1.61. The molecule has 7 heteroatoms. The molecular formula is C28H26N2O5. The van der Waals surface area contributed by atoms with Gasteiger partial charge in [-0.2, -0.15) is 0 Å². The Morgan fingerprint density at radius 3 is 2.29 bits per heavy atom. The first kappa shape index (κ1) is 21.8. The van der Waals surface area contributed by atoms with Gasteiger partial charge in [-0.05, 0) is 54.5 Å². The summed E-state index contributed by atoms with van der Waals surface area (Å²) in [6.45, 7) is 2.32. The van der Waals surface area contributed by atoms with E-state index in [1.165, 1.54) is 10.5 Å². The number of fused-ring (bicyclic) bond motifs is 5. The highest BCUT2D eigenvalue weighted by Gasteiger charge is 2.59. The first-order valence-electron chi connectivity index (χ1n) is 12.2. The van der Waals surface area contributed by atoms with Gasteiger partial charge in [0, 0.05) is 24.7 Å². The van der Waals surface area contributed by atoms with Gasteiger partial charge in [0.2, 0.25) is 17.7 Å². The Kier molecular flexibility index (Phi) is 5.09. The van der Waals surface area contributed by atoms with Gasteiger partial charge in [0.05, 0.1) is 23.4 Å². The number of anilines is 2. The number of hydrogen-bond acceptors (Lipinski definition) is 5. The van der Waals surface area contributed by atoms with Crippen LogP contribution in [0.2, 0.25) is 0 Å². The molecule has 7 nitrogen and oxygen atoms in total. The van der Waals surface area contributed by atoms with E-state index in [9.17, 15) is 19.2 Å². The molecule has 2 saturated heterocycles. The highest BCUT2D eigenvalue weighted by molar-refractivity contribution is 6.22. The van der Waals surface area contributed by atoms with Crippen LogP contribution >= 0.6 is 0 Å². The molecule has 0 unspecified atom stereocenters. The van der Waals surface area contributed by atoms with E-state index in [0.29, 0.717) is 5.69 Å². The largest absolute Gasteiger partial charge is 0.426 e. The van der Waals surface area contributed by atoms with E-state index in [4.69, 9.17) is 4.74 Å². The zero-order valence-corrected chi connectivity index (χ0v) is 19.4. The summed E-state index contributed by atoms with van der Waals surface area (Å²) >= 11 is 0. The van der Waals surface area contributed by atoms with Crippen molar-refractivity contribution in [2.45, 2.75) is 26.2 Å². The predicted molar refractivity (Wildman–Crippen MR) is 129 cm³/mol. The van der Waals surface area contributed by atoms with Crippen molar-refractivity contribution in [3.8, 4) is 5.75 Å². The second-order valence-electron chi connectivity index (χ2n) is 9.86. The zero-order valence-electron chi connectivity index (χ0n) is 19.4. The average Bonchev–Trinajstić information content (AvgIpc) is 3.63. The minimum atomic E-state index is -0.590. The summed E-state index contributed by atoms with van der Waals surface area (Å²) in [5, 5.41) is 0. The molecule has 0 radical (unpaired) electrons. The van der Waals surface area contributed by atoms with Crippen molar-refractivity contribution in [1.29, 1.82) is 0 Å². The van der Waals surface area contributed by atoms with E-state index < -0.39 is 11.9 Å². The molecule has 0 spiro atoms. The fourth-order valence-electron chi connectivity index (χ4n) is 6.07. The number of amides is 3. The molecule has 6 rings (SSSR count). The van der Waals surface area contributed by atoms with E-state index in [1.54, 1.807) is 29.2 Å². The normalized spacial score (nSPS) is 28.8. The number of hydrogen-bond donors (Lipinski definition) is 0. The van der Waals surface area contributed by atoms with E-state index in [2.05, 4.69) is 19.1 Å².